The highest BCUT2D eigenvalue weighted by atomic mass is 16.6. The molecule has 0 bridgehead atoms. The Morgan fingerprint density at radius 3 is 1.03 bits per heavy atom. The van der Waals surface area contributed by atoms with E-state index in [4.69, 9.17) is 14.2 Å². The number of ether oxygens (including phenoxy) is 3. The number of esters is 3. The van der Waals surface area contributed by atoms with E-state index < -0.39 is 6.10 Å². The minimum absolute atomic E-state index is 0.121. The fraction of sp³-hybridized carbons (Fsp3) is 0.610. The zero-order valence-electron chi connectivity index (χ0n) is 41.7. The highest BCUT2D eigenvalue weighted by Crippen LogP contribution is 2.12. The average Bonchev–Trinajstić information content (AvgIpc) is 3.30. The summed E-state index contributed by atoms with van der Waals surface area (Å²) < 4.78 is 16.7. The maximum absolute atomic E-state index is 12.8. The van der Waals surface area contributed by atoms with Gasteiger partial charge in [-0.3, -0.25) is 14.4 Å². The molecule has 0 fully saturated rings. The van der Waals surface area contributed by atoms with E-state index in [0.717, 1.165) is 109 Å². The molecule has 6 heteroatoms. The molecule has 0 aliphatic heterocycles. The van der Waals surface area contributed by atoms with Crippen molar-refractivity contribution in [1.29, 1.82) is 0 Å². The molecule has 0 saturated carbocycles. The third kappa shape index (κ3) is 50.7. The molecule has 0 N–H and O–H groups in total. The van der Waals surface area contributed by atoms with Crippen molar-refractivity contribution in [2.24, 2.45) is 0 Å². The average molecular weight is 899 g/mol. The second-order valence-electron chi connectivity index (χ2n) is 16.7. The van der Waals surface area contributed by atoms with Crippen LogP contribution in [0.5, 0.6) is 0 Å². The van der Waals surface area contributed by atoms with Crippen molar-refractivity contribution in [3.8, 4) is 0 Å². The lowest BCUT2D eigenvalue weighted by Gasteiger charge is -2.18. The predicted molar refractivity (Wildman–Crippen MR) is 279 cm³/mol. The minimum Gasteiger partial charge on any atom is -0.462 e. The molecule has 0 unspecified atom stereocenters. The van der Waals surface area contributed by atoms with Crippen LogP contribution in [0.4, 0.5) is 0 Å². The van der Waals surface area contributed by atoms with Gasteiger partial charge < -0.3 is 14.2 Å². The van der Waals surface area contributed by atoms with Crippen LogP contribution in [-0.2, 0) is 28.6 Å². The summed E-state index contributed by atoms with van der Waals surface area (Å²) in [5.41, 5.74) is 0. The fourth-order valence-electron chi connectivity index (χ4n) is 6.58. The molecule has 0 aliphatic carbocycles. The number of hydrogen-bond acceptors (Lipinski definition) is 6. The van der Waals surface area contributed by atoms with Crippen LogP contribution in [0.2, 0.25) is 0 Å². The van der Waals surface area contributed by atoms with E-state index >= 15 is 0 Å². The van der Waals surface area contributed by atoms with Gasteiger partial charge in [0.2, 0.25) is 0 Å². The molecule has 0 rings (SSSR count). The lowest BCUT2D eigenvalue weighted by atomic mass is 10.1. The SMILES string of the molecule is CC/C=C\C/C=C\C/C=C\C/C=C\C/C=C\CCCC(=O)O[C@H](COC(=O)CCCC/C=C\C/C=C\C/C=C\C/C=C\CC)COC(=O)CCCCCCC/C=C\CCCCCCCC. The Bertz CT molecular complexity index is 1400. The van der Waals surface area contributed by atoms with Gasteiger partial charge in [0.05, 0.1) is 0 Å². The van der Waals surface area contributed by atoms with Crippen molar-refractivity contribution in [2.75, 3.05) is 13.2 Å². The molecule has 0 heterocycles. The molecule has 0 spiro atoms. The van der Waals surface area contributed by atoms with E-state index in [1.165, 1.54) is 51.4 Å². The summed E-state index contributed by atoms with van der Waals surface area (Å²) in [6.45, 7) is 6.30. The molecule has 0 radical (unpaired) electrons. The van der Waals surface area contributed by atoms with Crippen LogP contribution in [0, 0.1) is 0 Å². The molecule has 0 aliphatic rings. The quantitative estimate of drug-likeness (QED) is 0.0262. The molecular formula is C59H94O6. The van der Waals surface area contributed by atoms with Crippen LogP contribution in [0.15, 0.2) is 122 Å². The number of unbranched alkanes of at least 4 members (excludes halogenated alkanes) is 14. The van der Waals surface area contributed by atoms with E-state index in [2.05, 4.69) is 142 Å². The van der Waals surface area contributed by atoms with Gasteiger partial charge in [0, 0.05) is 19.3 Å². The maximum Gasteiger partial charge on any atom is 0.306 e. The van der Waals surface area contributed by atoms with E-state index in [-0.39, 0.29) is 44.0 Å². The molecule has 366 valence electrons. The monoisotopic (exact) mass is 899 g/mol. The normalized spacial score (nSPS) is 13.1. The highest BCUT2D eigenvalue weighted by Gasteiger charge is 2.19. The first-order valence-electron chi connectivity index (χ1n) is 26.0. The largest absolute Gasteiger partial charge is 0.462 e. The second kappa shape index (κ2) is 52.4. The Balaban J connectivity index is 4.58. The summed E-state index contributed by atoms with van der Waals surface area (Å²) in [5.74, 6) is -1.04. The molecular weight excluding hydrogens is 805 g/mol. The summed E-state index contributed by atoms with van der Waals surface area (Å²) in [4.78, 5) is 38.0. The number of allylic oxidation sites excluding steroid dienone is 20. The van der Waals surface area contributed by atoms with Gasteiger partial charge in [0.15, 0.2) is 6.10 Å². The van der Waals surface area contributed by atoms with Gasteiger partial charge >= 0.3 is 17.9 Å². The lowest BCUT2D eigenvalue weighted by Crippen LogP contribution is -2.30. The van der Waals surface area contributed by atoms with Crippen molar-refractivity contribution in [3.05, 3.63) is 122 Å². The number of rotatable bonds is 45. The summed E-state index contributed by atoms with van der Waals surface area (Å²) in [5, 5.41) is 0. The lowest BCUT2D eigenvalue weighted by molar-refractivity contribution is -0.167. The topological polar surface area (TPSA) is 78.9 Å². The van der Waals surface area contributed by atoms with Gasteiger partial charge in [-0.05, 0) is 122 Å². The zero-order chi connectivity index (χ0) is 47.2. The van der Waals surface area contributed by atoms with Crippen molar-refractivity contribution < 1.29 is 28.6 Å². The van der Waals surface area contributed by atoms with Gasteiger partial charge in [0.25, 0.3) is 0 Å². The maximum atomic E-state index is 12.8. The Kier molecular flexibility index (Phi) is 49.1. The Labute approximate surface area is 399 Å². The van der Waals surface area contributed by atoms with Crippen molar-refractivity contribution >= 4 is 17.9 Å². The van der Waals surface area contributed by atoms with Crippen LogP contribution < -0.4 is 0 Å². The Morgan fingerprint density at radius 2 is 0.615 bits per heavy atom. The first kappa shape index (κ1) is 60.8. The highest BCUT2D eigenvalue weighted by molar-refractivity contribution is 5.71. The smallest absolute Gasteiger partial charge is 0.306 e. The Morgan fingerprint density at radius 1 is 0.323 bits per heavy atom. The van der Waals surface area contributed by atoms with Crippen LogP contribution in [0.1, 0.15) is 213 Å². The van der Waals surface area contributed by atoms with Gasteiger partial charge in [-0.2, -0.15) is 0 Å². The van der Waals surface area contributed by atoms with Gasteiger partial charge in [-0.25, -0.2) is 0 Å². The van der Waals surface area contributed by atoms with Crippen LogP contribution in [0.3, 0.4) is 0 Å². The number of carbonyl (C=O) groups excluding carboxylic acids is 3. The van der Waals surface area contributed by atoms with Crippen molar-refractivity contribution in [3.63, 3.8) is 0 Å². The van der Waals surface area contributed by atoms with Crippen molar-refractivity contribution in [1.82, 2.24) is 0 Å². The third-order valence-corrected chi connectivity index (χ3v) is 10.4. The molecule has 0 aromatic carbocycles. The van der Waals surface area contributed by atoms with E-state index in [0.29, 0.717) is 19.3 Å². The number of carbonyl (C=O) groups is 3. The van der Waals surface area contributed by atoms with Crippen LogP contribution in [0.25, 0.3) is 0 Å². The first-order valence-corrected chi connectivity index (χ1v) is 26.0. The molecule has 0 aromatic rings. The minimum atomic E-state index is -0.831. The van der Waals surface area contributed by atoms with Crippen molar-refractivity contribution in [2.45, 2.75) is 219 Å². The van der Waals surface area contributed by atoms with Gasteiger partial charge in [-0.1, -0.05) is 194 Å². The summed E-state index contributed by atoms with van der Waals surface area (Å²) >= 11 is 0. The molecule has 6 nitrogen and oxygen atoms in total. The molecule has 65 heavy (non-hydrogen) atoms. The van der Waals surface area contributed by atoms with E-state index in [1.54, 1.807) is 0 Å². The second-order valence-corrected chi connectivity index (χ2v) is 16.7. The Hall–Kier alpha value is -4.19. The van der Waals surface area contributed by atoms with Crippen LogP contribution in [-0.4, -0.2) is 37.2 Å². The van der Waals surface area contributed by atoms with Crippen LogP contribution >= 0.6 is 0 Å². The van der Waals surface area contributed by atoms with E-state index in [9.17, 15) is 14.4 Å². The predicted octanol–water partition coefficient (Wildman–Crippen LogP) is 17.3. The molecule has 0 amide bonds. The molecule has 0 saturated heterocycles. The first-order chi connectivity index (χ1) is 32.0. The summed E-state index contributed by atoms with van der Waals surface area (Å²) in [6.07, 6.45) is 71.9. The fourth-order valence-corrected chi connectivity index (χ4v) is 6.58. The van der Waals surface area contributed by atoms with Gasteiger partial charge in [-0.15, -0.1) is 0 Å². The summed E-state index contributed by atoms with van der Waals surface area (Å²) in [7, 11) is 0. The standard InChI is InChI=1S/C59H94O6/c1-4-7-10-13-16-19-22-25-28-29-32-35-38-41-44-47-50-53-59(62)65-56(54-63-57(60)51-48-45-42-39-36-33-30-26-23-20-17-14-11-8-5-2)55-64-58(61)52-49-46-43-40-37-34-31-27-24-21-18-15-12-9-6-3/h7-8,10-11,16-17,19-20,25-28,30-32,35-36,39,41,44,56H,4-6,9,12-15,18,21-24,29,33-34,37-38,40,42-43,45-55H2,1-3H3/b10-7-,11-8-,19-16-,20-17-,28-25-,30-26-,31-27-,35-32-,39-36-,44-41-/t56-/m1/s1. The molecule has 0 aromatic heterocycles. The van der Waals surface area contributed by atoms with Gasteiger partial charge in [0.1, 0.15) is 13.2 Å². The third-order valence-electron chi connectivity index (χ3n) is 10.4. The van der Waals surface area contributed by atoms with E-state index in [1.807, 2.05) is 0 Å². The molecule has 1 atom stereocenters. The zero-order valence-corrected chi connectivity index (χ0v) is 41.7. The number of hydrogen-bond donors (Lipinski definition) is 0. The summed E-state index contributed by atoms with van der Waals surface area (Å²) in [6, 6.07) is 0.